The highest BCUT2D eigenvalue weighted by Crippen LogP contribution is 2.31. The summed E-state index contributed by atoms with van der Waals surface area (Å²) in [5, 5.41) is 15.5. The van der Waals surface area contributed by atoms with Crippen molar-refractivity contribution in [1.82, 2.24) is 15.5 Å². The zero-order chi connectivity index (χ0) is 31.8. The third-order valence-electron chi connectivity index (χ3n) is 6.53. The maximum atomic E-state index is 14.6. The fourth-order valence-corrected chi connectivity index (χ4v) is 4.59. The quantitative estimate of drug-likeness (QED) is 0.289. The number of phenols is 1. The summed E-state index contributed by atoms with van der Waals surface area (Å²) in [6.07, 6.45) is 4.91. The number of ether oxygens (including phenoxy) is 1. The van der Waals surface area contributed by atoms with Crippen LogP contribution in [0.15, 0.2) is 78.9 Å². The minimum atomic E-state index is -1.09. The van der Waals surface area contributed by atoms with Gasteiger partial charge in [0.05, 0.1) is 0 Å². The third-order valence-corrected chi connectivity index (χ3v) is 6.53. The number of hydrogen-bond acceptors (Lipinski definition) is 5. The van der Waals surface area contributed by atoms with Crippen LogP contribution in [0.4, 0.5) is 4.79 Å². The molecule has 0 heterocycles. The smallest absolute Gasteiger partial charge is 0.408 e. The molecular weight excluding hydrogens is 542 g/mol. The van der Waals surface area contributed by atoms with Crippen LogP contribution in [0.1, 0.15) is 69.8 Å². The number of alkyl carbamates (subject to hydrolysis) is 1. The Hall–Kier alpha value is -4.77. The molecule has 0 aliphatic heterocycles. The van der Waals surface area contributed by atoms with E-state index in [0.717, 1.165) is 5.56 Å². The molecule has 0 saturated heterocycles. The lowest BCUT2D eigenvalue weighted by molar-refractivity contribution is -0.148. The molecule has 3 aromatic rings. The van der Waals surface area contributed by atoms with Gasteiger partial charge in [0.25, 0.3) is 0 Å². The van der Waals surface area contributed by atoms with Gasteiger partial charge >= 0.3 is 6.09 Å². The Balaban J connectivity index is 2.07. The molecule has 3 N–H and O–H groups in total. The minimum Gasteiger partial charge on any atom is -0.508 e. The van der Waals surface area contributed by atoms with Crippen molar-refractivity contribution in [2.45, 2.75) is 77.7 Å². The Bertz CT molecular complexity index is 1430. The first-order valence-electron chi connectivity index (χ1n) is 14.2. The Morgan fingerprint density at radius 1 is 0.884 bits per heavy atom. The van der Waals surface area contributed by atoms with Gasteiger partial charge in [-0.05, 0) is 82.5 Å². The van der Waals surface area contributed by atoms with Crippen LogP contribution >= 0.6 is 0 Å². The molecule has 43 heavy (non-hydrogen) atoms. The second-order valence-corrected chi connectivity index (χ2v) is 12.3. The largest absolute Gasteiger partial charge is 0.508 e. The molecule has 3 aromatic carbocycles. The van der Waals surface area contributed by atoms with Crippen molar-refractivity contribution in [2.75, 3.05) is 0 Å². The predicted molar refractivity (Wildman–Crippen MR) is 167 cm³/mol. The van der Waals surface area contributed by atoms with Gasteiger partial charge in [0.2, 0.25) is 11.8 Å². The number of terminal acetylenes is 1. The lowest BCUT2D eigenvalue weighted by atomic mass is 9.93. The van der Waals surface area contributed by atoms with Crippen molar-refractivity contribution in [3.63, 3.8) is 0 Å². The molecule has 8 nitrogen and oxygen atoms in total. The molecule has 0 saturated carbocycles. The molecule has 0 fully saturated rings. The van der Waals surface area contributed by atoms with Gasteiger partial charge in [0.1, 0.15) is 23.4 Å². The molecule has 226 valence electrons. The minimum absolute atomic E-state index is 0.0774. The Morgan fingerprint density at radius 2 is 1.49 bits per heavy atom. The summed E-state index contributed by atoms with van der Waals surface area (Å²) in [4.78, 5) is 43.0. The average Bonchev–Trinajstić information content (AvgIpc) is 2.94. The number of carbonyl (C=O) groups excluding carboxylic acids is 3. The van der Waals surface area contributed by atoms with Gasteiger partial charge in [-0.25, -0.2) is 4.79 Å². The summed E-state index contributed by atoms with van der Waals surface area (Å²) in [6, 6.07) is 20.7. The van der Waals surface area contributed by atoms with Gasteiger partial charge in [-0.1, -0.05) is 60.5 Å². The van der Waals surface area contributed by atoms with Crippen molar-refractivity contribution < 1.29 is 24.2 Å². The summed E-state index contributed by atoms with van der Waals surface area (Å²) >= 11 is 0. The van der Waals surface area contributed by atoms with Gasteiger partial charge in [0.15, 0.2) is 0 Å². The monoisotopic (exact) mass is 583 g/mol. The molecule has 3 rings (SSSR count). The van der Waals surface area contributed by atoms with Crippen LogP contribution in [0, 0.1) is 12.3 Å². The Kier molecular flexibility index (Phi) is 10.6. The van der Waals surface area contributed by atoms with E-state index in [-0.39, 0.29) is 24.6 Å². The maximum absolute atomic E-state index is 14.6. The zero-order valence-electron chi connectivity index (χ0n) is 25.7. The first-order chi connectivity index (χ1) is 20.2. The second-order valence-electron chi connectivity index (χ2n) is 12.3. The highest BCUT2D eigenvalue weighted by Gasteiger charge is 2.42. The number of rotatable bonds is 9. The van der Waals surface area contributed by atoms with E-state index in [0.29, 0.717) is 16.7 Å². The van der Waals surface area contributed by atoms with Crippen LogP contribution in [-0.4, -0.2) is 45.1 Å². The van der Waals surface area contributed by atoms with Crippen LogP contribution < -0.4 is 10.6 Å². The van der Waals surface area contributed by atoms with E-state index < -0.39 is 35.2 Å². The lowest BCUT2D eigenvalue weighted by Crippen LogP contribution is -2.59. The zero-order valence-corrected chi connectivity index (χ0v) is 25.7. The molecule has 0 spiro atoms. The van der Waals surface area contributed by atoms with Gasteiger partial charge in [0, 0.05) is 24.1 Å². The van der Waals surface area contributed by atoms with E-state index in [1.165, 1.54) is 17.0 Å². The molecule has 0 aliphatic rings. The Labute approximate surface area is 254 Å². The normalized spacial score (nSPS) is 12.8. The second kappa shape index (κ2) is 13.9. The van der Waals surface area contributed by atoms with Crippen molar-refractivity contribution in [3.8, 4) is 18.1 Å². The molecule has 2 atom stereocenters. The van der Waals surface area contributed by atoms with Gasteiger partial charge in [-0.15, -0.1) is 6.42 Å². The van der Waals surface area contributed by atoms with Crippen LogP contribution in [0.3, 0.4) is 0 Å². The van der Waals surface area contributed by atoms with Crippen molar-refractivity contribution >= 4 is 17.9 Å². The van der Waals surface area contributed by atoms with Crippen LogP contribution in [0.5, 0.6) is 5.75 Å². The molecule has 0 aromatic heterocycles. The fourth-order valence-electron chi connectivity index (χ4n) is 4.59. The maximum Gasteiger partial charge on any atom is 0.408 e. The lowest BCUT2D eigenvalue weighted by Gasteiger charge is -2.43. The molecule has 0 radical (unpaired) electrons. The number of nitrogens with one attached hydrogen (secondary N) is 2. The third kappa shape index (κ3) is 9.64. The highest BCUT2D eigenvalue weighted by molar-refractivity contribution is 5.93. The Morgan fingerprint density at radius 3 is 2.02 bits per heavy atom. The van der Waals surface area contributed by atoms with E-state index >= 15 is 0 Å². The van der Waals surface area contributed by atoms with Crippen molar-refractivity contribution in [1.29, 1.82) is 0 Å². The summed E-state index contributed by atoms with van der Waals surface area (Å²) in [5.74, 6) is 1.79. The van der Waals surface area contributed by atoms with Gasteiger partial charge < -0.3 is 25.4 Å². The molecule has 2 unspecified atom stereocenters. The highest BCUT2D eigenvalue weighted by atomic mass is 16.6. The predicted octanol–water partition coefficient (Wildman–Crippen LogP) is 5.49. The van der Waals surface area contributed by atoms with E-state index in [1.54, 1.807) is 57.2 Å². The van der Waals surface area contributed by atoms with E-state index in [2.05, 4.69) is 16.6 Å². The molecule has 8 heteroatoms. The van der Waals surface area contributed by atoms with E-state index in [1.807, 2.05) is 51.1 Å². The van der Waals surface area contributed by atoms with E-state index in [9.17, 15) is 19.5 Å². The number of phenolic OH excluding ortho intramolecular Hbond substituents is 1. The molecule has 0 aliphatic carbocycles. The van der Waals surface area contributed by atoms with Gasteiger partial charge in [-0.3, -0.25) is 9.59 Å². The number of hydrogen-bond donors (Lipinski definition) is 3. The summed E-state index contributed by atoms with van der Waals surface area (Å²) in [6.45, 7) is 11.0. The summed E-state index contributed by atoms with van der Waals surface area (Å²) in [7, 11) is 0. The fraction of sp³-hybridized carbons (Fsp3) is 0.343. The number of nitrogens with zero attached hydrogens (tertiary/aromatic N) is 1. The van der Waals surface area contributed by atoms with Crippen molar-refractivity contribution in [2.24, 2.45) is 0 Å². The van der Waals surface area contributed by atoms with Gasteiger partial charge in [-0.2, -0.15) is 0 Å². The number of benzene rings is 3. The number of carbonyl (C=O) groups is 3. The number of amides is 3. The molecule has 3 amide bonds. The first kappa shape index (κ1) is 32.7. The molecule has 0 bridgehead atoms. The number of aromatic hydroxyl groups is 1. The van der Waals surface area contributed by atoms with Crippen LogP contribution in [-0.2, 0) is 27.3 Å². The molecular formula is C35H41N3O5. The summed E-state index contributed by atoms with van der Waals surface area (Å²) in [5.41, 5.74) is 1.15. The van der Waals surface area contributed by atoms with E-state index in [4.69, 9.17) is 11.2 Å². The topological polar surface area (TPSA) is 108 Å². The van der Waals surface area contributed by atoms with Crippen LogP contribution in [0.2, 0.25) is 0 Å². The van der Waals surface area contributed by atoms with Crippen LogP contribution in [0.25, 0.3) is 0 Å². The first-order valence-corrected chi connectivity index (χ1v) is 14.2. The SMILES string of the molecule is C#Cc1ccc(C(C(=O)NCc2ccccc2)N(C(=O)C(Cc2ccc(O)cc2)NC(=O)OC(C)(C)C)C(C)(C)C)cc1. The summed E-state index contributed by atoms with van der Waals surface area (Å²) < 4.78 is 5.49. The standard InChI is InChI=1S/C35H41N3O5/c1-8-24-14-18-27(19-15-24)30(31(40)36-23-26-12-10-9-11-13-26)38(34(2,3)4)32(41)29(37-33(42)43-35(5,6)7)22-25-16-20-28(39)21-17-25/h1,9-21,29-30,39H,22-23H2,2-7H3,(H,36,40)(H,37,42). The van der Waals surface area contributed by atoms with Crippen molar-refractivity contribution in [3.05, 3.63) is 101 Å². The average molecular weight is 584 g/mol.